The van der Waals surface area contributed by atoms with E-state index in [1.165, 1.54) is 16.7 Å². The maximum absolute atomic E-state index is 5.90. The molecule has 1 aliphatic carbocycles. The molecule has 2 aliphatic rings. The fourth-order valence-corrected chi connectivity index (χ4v) is 2.71. The summed E-state index contributed by atoms with van der Waals surface area (Å²) in [6, 6.07) is 16.4. The van der Waals surface area contributed by atoms with Crippen molar-refractivity contribution in [3.8, 4) is 5.75 Å². The zero-order valence-corrected chi connectivity index (χ0v) is 11.6. The van der Waals surface area contributed by atoms with Gasteiger partial charge < -0.3 is 4.74 Å². The highest BCUT2D eigenvalue weighted by Gasteiger charge is 2.21. The van der Waals surface area contributed by atoms with Gasteiger partial charge in [-0.2, -0.15) is 0 Å². The molecular weight excluding hydrogens is 258 g/mol. The molecule has 0 amide bonds. The van der Waals surface area contributed by atoms with Crippen LogP contribution >= 0.6 is 0 Å². The van der Waals surface area contributed by atoms with Gasteiger partial charge in [0, 0.05) is 17.6 Å². The second-order valence-electron chi connectivity index (χ2n) is 5.22. The van der Waals surface area contributed by atoms with Gasteiger partial charge in [-0.1, -0.05) is 48.6 Å². The molecule has 0 radical (unpaired) electrons. The predicted octanol–water partition coefficient (Wildman–Crippen LogP) is 4.70. The van der Waals surface area contributed by atoms with Crippen LogP contribution < -0.4 is 4.74 Å². The molecule has 0 spiro atoms. The molecule has 0 atom stereocenters. The Bertz CT molecular complexity index is 769. The monoisotopic (exact) mass is 273 g/mol. The molecule has 21 heavy (non-hydrogen) atoms. The van der Waals surface area contributed by atoms with Crippen LogP contribution in [0.15, 0.2) is 71.8 Å². The molecule has 2 aromatic rings. The maximum atomic E-state index is 5.90. The van der Waals surface area contributed by atoms with Gasteiger partial charge in [0.2, 0.25) is 0 Å². The molecule has 4 rings (SSSR count). The average molecular weight is 273 g/mol. The summed E-state index contributed by atoms with van der Waals surface area (Å²) in [6.45, 7) is 0.590. The first-order valence-corrected chi connectivity index (χ1v) is 7.16. The first-order valence-electron chi connectivity index (χ1n) is 7.16. The smallest absolute Gasteiger partial charge is 0.120 e. The number of hydrogen-bond donors (Lipinski definition) is 0. The number of nitrogens with zero attached hydrogens (tertiary/aromatic N) is 1. The normalized spacial score (nSPS) is 15.0. The first-order chi connectivity index (χ1) is 10.4. The Hall–Kier alpha value is -2.61. The Kier molecular flexibility index (Phi) is 2.93. The van der Waals surface area contributed by atoms with Crippen molar-refractivity contribution >= 4 is 17.0 Å². The fraction of sp³-hybridized carbons (Fsp3) is 0.105. The van der Waals surface area contributed by atoms with E-state index in [2.05, 4.69) is 41.4 Å². The lowest BCUT2D eigenvalue weighted by molar-refractivity contribution is 0.306. The van der Waals surface area contributed by atoms with Gasteiger partial charge in [-0.25, -0.2) is 0 Å². The molecule has 102 valence electrons. The first kappa shape index (κ1) is 12.2. The molecule has 2 heteroatoms. The average Bonchev–Trinajstić information content (AvgIpc) is 2.92. The fourth-order valence-electron chi connectivity index (χ4n) is 2.71. The van der Waals surface area contributed by atoms with Crippen molar-refractivity contribution in [1.82, 2.24) is 0 Å². The molecule has 0 saturated carbocycles. The van der Waals surface area contributed by atoms with Crippen LogP contribution in [0.5, 0.6) is 5.75 Å². The number of aliphatic imine (C=N–C) groups is 1. The zero-order valence-electron chi connectivity index (χ0n) is 11.6. The van der Waals surface area contributed by atoms with Crippen molar-refractivity contribution < 1.29 is 4.74 Å². The van der Waals surface area contributed by atoms with E-state index in [4.69, 9.17) is 4.74 Å². The number of ether oxygens (including phenoxy) is 1. The van der Waals surface area contributed by atoms with Crippen molar-refractivity contribution in [3.05, 3.63) is 77.9 Å². The molecule has 0 bridgehead atoms. The lowest BCUT2D eigenvalue weighted by Crippen LogP contribution is -1.99. The summed E-state index contributed by atoms with van der Waals surface area (Å²) in [5, 5.41) is 0. The van der Waals surface area contributed by atoms with E-state index in [1.54, 1.807) is 0 Å². The van der Waals surface area contributed by atoms with Gasteiger partial charge in [-0.15, -0.1) is 0 Å². The second-order valence-corrected chi connectivity index (χ2v) is 5.22. The molecule has 1 heterocycles. The predicted molar refractivity (Wildman–Crippen MR) is 86.0 cm³/mol. The molecule has 0 aromatic heterocycles. The van der Waals surface area contributed by atoms with Gasteiger partial charge in [0.1, 0.15) is 12.4 Å². The number of hydrogen-bond acceptors (Lipinski definition) is 2. The SMILES string of the molecule is C1=CCC2=Nc3ccc(OCc4ccccc4)cc3C2=C1. The Morgan fingerprint density at radius 1 is 1.05 bits per heavy atom. The Labute approximate surface area is 124 Å². The van der Waals surface area contributed by atoms with Crippen LogP contribution in [0, 0.1) is 0 Å². The summed E-state index contributed by atoms with van der Waals surface area (Å²) in [6.07, 6.45) is 7.29. The second kappa shape index (κ2) is 5.06. The highest BCUT2D eigenvalue weighted by atomic mass is 16.5. The molecule has 0 unspecified atom stereocenters. The summed E-state index contributed by atoms with van der Waals surface area (Å²) in [5.41, 5.74) is 5.80. The summed E-state index contributed by atoms with van der Waals surface area (Å²) in [5.74, 6) is 0.893. The van der Waals surface area contributed by atoms with Crippen molar-refractivity contribution in [2.24, 2.45) is 4.99 Å². The minimum atomic E-state index is 0.590. The van der Waals surface area contributed by atoms with Crippen molar-refractivity contribution in [2.75, 3.05) is 0 Å². The van der Waals surface area contributed by atoms with Crippen LogP contribution in [0.25, 0.3) is 5.57 Å². The summed E-state index contributed by atoms with van der Waals surface area (Å²) in [7, 11) is 0. The van der Waals surface area contributed by atoms with Gasteiger partial charge in [0.25, 0.3) is 0 Å². The molecule has 1 aliphatic heterocycles. The van der Waals surface area contributed by atoms with Gasteiger partial charge in [-0.05, 0) is 23.8 Å². The largest absolute Gasteiger partial charge is 0.489 e. The van der Waals surface area contributed by atoms with Crippen LogP contribution in [0.2, 0.25) is 0 Å². The third-order valence-corrected chi connectivity index (χ3v) is 3.78. The van der Waals surface area contributed by atoms with Gasteiger partial charge in [-0.3, -0.25) is 4.99 Å². The number of rotatable bonds is 3. The summed E-state index contributed by atoms with van der Waals surface area (Å²) in [4.78, 5) is 4.67. The zero-order chi connectivity index (χ0) is 14.1. The van der Waals surface area contributed by atoms with Gasteiger partial charge in [0.05, 0.1) is 11.4 Å². The van der Waals surface area contributed by atoms with Crippen LogP contribution in [-0.4, -0.2) is 5.71 Å². The number of fused-ring (bicyclic) bond motifs is 3. The molecule has 0 saturated heterocycles. The lowest BCUT2D eigenvalue weighted by Gasteiger charge is -2.09. The van der Waals surface area contributed by atoms with Gasteiger partial charge in [0.15, 0.2) is 0 Å². The van der Waals surface area contributed by atoms with Crippen LogP contribution in [-0.2, 0) is 6.61 Å². The summed E-state index contributed by atoms with van der Waals surface area (Å²) >= 11 is 0. The maximum Gasteiger partial charge on any atom is 0.120 e. The van der Waals surface area contributed by atoms with Crippen LogP contribution in [0.3, 0.4) is 0 Å². The highest BCUT2D eigenvalue weighted by molar-refractivity contribution is 6.30. The Morgan fingerprint density at radius 3 is 2.86 bits per heavy atom. The van der Waals surface area contributed by atoms with Crippen molar-refractivity contribution in [1.29, 1.82) is 0 Å². The van der Waals surface area contributed by atoms with E-state index >= 15 is 0 Å². The van der Waals surface area contributed by atoms with Crippen molar-refractivity contribution in [3.63, 3.8) is 0 Å². The third-order valence-electron chi connectivity index (χ3n) is 3.78. The topological polar surface area (TPSA) is 21.6 Å². The van der Waals surface area contributed by atoms with Gasteiger partial charge >= 0.3 is 0 Å². The van der Waals surface area contributed by atoms with E-state index in [0.29, 0.717) is 6.61 Å². The van der Waals surface area contributed by atoms with E-state index in [1.807, 2.05) is 30.3 Å². The van der Waals surface area contributed by atoms with E-state index in [-0.39, 0.29) is 0 Å². The lowest BCUT2D eigenvalue weighted by atomic mass is 9.97. The number of benzene rings is 2. The Balaban J connectivity index is 1.57. The summed E-state index contributed by atoms with van der Waals surface area (Å²) < 4.78 is 5.90. The quantitative estimate of drug-likeness (QED) is 0.794. The van der Waals surface area contributed by atoms with E-state index in [0.717, 1.165) is 23.6 Å². The minimum Gasteiger partial charge on any atom is -0.489 e. The molecule has 2 nitrogen and oxygen atoms in total. The Morgan fingerprint density at radius 2 is 1.95 bits per heavy atom. The van der Waals surface area contributed by atoms with E-state index < -0.39 is 0 Å². The standard InChI is InChI=1S/C19H15NO/c1-2-6-14(7-3-1)13-21-15-10-11-19-17(12-15)16-8-4-5-9-18(16)20-19/h1-8,10-12H,9,13H2. The molecular formula is C19H15NO. The molecule has 0 N–H and O–H groups in total. The number of allylic oxidation sites excluding steroid dienone is 4. The minimum absolute atomic E-state index is 0.590. The third kappa shape index (κ3) is 2.29. The van der Waals surface area contributed by atoms with Crippen molar-refractivity contribution in [2.45, 2.75) is 13.0 Å². The molecule has 0 fully saturated rings. The van der Waals surface area contributed by atoms with Crippen LogP contribution in [0.1, 0.15) is 17.5 Å². The van der Waals surface area contributed by atoms with E-state index in [9.17, 15) is 0 Å². The van der Waals surface area contributed by atoms with Crippen LogP contribution in [0.4, 0.5) is 5.69 Å². The highest BCUT2D eigenvalue weighted by Crippen LogP contribution is 2.39. The molecule has 2 aromatic carbocycles.